The van der Waals surface area contributed by atoms with Gasteiger partial charge < -0.3 is 5.32 Å². The number of piperazine rings is 1. The van der Waals surface area contributed by atoms with Crippen LogP contribution in [-0.4, -0.2) is 62.4 Å². The van der Waals surface area contributed by atoms with E-state index in [0.29, 0.717) is 35.9 Å². The molecule has 0 saturated carbocycles. The summed E-state index contributed by atoms with van der Waals surface area (Å²) < 4.78 is 43.6. The number of carbonyl (C=O) groups excluding carboxylic acids is 1. The van der Waals surface area contributed by atoms with Gasteiger partial charge in [0.05, 0.1) is 11.8 Å². The van der Waals surface area contributed by atoms with Crippen molar-refractivity contribution >= 4 is 29.9 Å². The molecule has 1 N–H and O–H groups in total. The van der Waals surface area contributed by atoms with E-state index >= 15 is 0 Å². The number of rotatable bonds is 5. The Balaban J connectivity index is 1.33. The fourth-order valence-corrected chi connectivity index (χ4v) is 4.82. The highest BCUT2D eigenvalue weighted by molar-refractivity contribution is 7.80. The van der Waals surface area contributed by atoms with Gasteiger partial charge in [0.15, 0.2) is 5.65 Å². The molecule has 7 nitrogen and oxygen atoms in total. The summed E-state index contributed by atoms with van der Waals surface area (Å²) in [5.41, 5.74) is 2.51. The van der Waals surface area contributed by atoms with Crippen molar-refractivity contribution in [3.8, 4) is 11.8 Å². The number of alkyl halides is 3. The normalized spacial score (nSPS) is 14.6. The molecule has 1 aliphatic heterocycles. The van der Waals surface area contributed by atoms with Crippen LogP contribution in [-0.2, 0) is 12.7 Å². The zero-order valence-electron chi connectivity index (χ0n) is 21.7. The first-order chi connectivity index (χ1) is 19.2. The molecule has 4 aromatic rings. The molecule has 206 valence electrons. The molecular weight excluding hydrogens is 537 g/mol. The van der Waals surface area contributed by atoms with Gasteiger partial charge in [-0.05, 0) is 60.4 Å². The Kier molecular flexibility index (Phi) is 8.12. The minimum atomic E-state index is -4.55. The summed E-state index contributed by atoms with van der Waals surface area (Å²) in [6.07, 6.45) is -1.30. The number of carbonyl (C=O) groups is 1. The summed E-state index contributed by atoms with van der Waals surface area (Å²) in [6, 6.07) is 12.6. The van der Waals surface area contributed by atoms with Crippen LogP contribution in [0.5, 0.6) is 0 Å². The molecule has 40 heavy (non-hydrogen) atoms. The van der Waals surface area contributed by atoms with Crippen LogP contribution < -0.4 is 5.32 Å². The number of imidazole rings is 1. The number of benzene rings is 2. The Bertz CT molecular complexity index is 1600. The van der Waals surface area contributed by atoms with Gasteiger partial charge in [0.1, 0.15) is 5.69 Å². The quantitative estimate of drug-likeness (QED) is 0.272. The van der Waals surface area contributed by atoms with Crippen LogP contribution >= 0.6 is 12.6 Å². The van der Waals surface area contributed by atoms with Gasteiger partial charge in [-0.15, -0.1) is 0 Å². The number of fused-ring (bicyclic) bond motifs is 1. The zero-order chi connectivity index (χ0) is 28.3. The minimum absolute atomic E-state index is 0.0750. The van der Waals surface area contributed by atoms with Crippen molar-refractivity contribution < 1.29 is 18.0 Å². The predicted molar refractivity (Wildman–Crippen MR) is 150 cm³/mol. The van der Waals surface area contributed by atoms with Crippen molar-refractivity contribution in [2.45, 2.75) is 19.6 Å². The second-order valence-electron chi connectivity index (χ2n) is 9.58. The molecule has 0 aliphatic carbocycles. The molecule has 0 spiro atoms. The Labute approximate surface area is 235 Å². The van der Waals surface area contributed by atoms with Gasteiger partial charge >= 0.3 is 6.18 Å². The van der Waals surface area contributed by atoms with Crippen LogP contribution in [0.15, 0.2) is 60.9 Å². The molecule has 2 aromatic heterocycles. The van der Waals surface area contributed by atoms with Gasteiger partial charge in [0.25, 0.3) is 5.91 Å². The Morgan fingerprint density at radius 3 is 2.58 bits per heavy atom. The van der Waals surface area contributed by atoms with E-state index in [1.807, 2.05) is 17.9 Å². The summed E-state index contributed by atoms with van der Waals surface area (Å²) in [4.78, 5) is 21.4. The van der Waals surface area contributed by atoms with Crippen molar-refractivity contribution in [1.29, 1.82) is 0 Å². The summed E-state index contributed by atoms with van der Waals surface area (Å²) in [7, 11) is 0. The van der Waals surface area contributed by atoms with Gasteiger partial charge in [0, 0.05) is 61.6 Å². The molecule has 0 radical (unpaired) electrons. The van der Waals surface area contributed by atoms with Gasteiger partial charge in [-0.25, -0.2) is 9.50 Å². The van der Waals surface area contributed by atoms with Crippen molar-refractivity contribution in [2.24, 2.45) is 0 Å². The third-order valence-electron chi connectivity index (χ3n) is 6.83. The Morgan fingerprint density at radius 2 is 1.82 bits per heavy atom. The topological polar surface area (TPSA) is 65.8 Å². The fraction of sp³-hybridized carbons (Fsp3) is 0.276. The number of hydrogen-bond donors (Lipinski definition) is 2. The second kappa shape index (κ2) is 11.7. The Hall–Kier alpha value is -3.85. The SMILES string of the molecule is Cc1ccc(C(=O)Nc2ccc(CN3CCN(CS)CC3)c(C(F)(F)F)c2)cc1C#Cc1cnc2cccnn12. The highest BCUT2D eigenvalue weighted by atomic mass is 32.1. The van der Waals surface area contributed by atoms with Crippen LogP contribution in [0.25, 0.3) is 5.65 Å². The minimum Gasteiger partial charge on any atom is -0.322 e. The summed E-state index contributed by atoms with van der Waals surface area (Å²) >= 11 is 4.27. The maximum absolute atomic E-state index is 14.0. The largest absolute Gasteiger partial charge is 0.416 e. The molecule has 1 fully saturated rings. The van der Waals surface area contributed by atoms with Gasteiger partial charge in [0.2, 0.25) is 0 Å². The second-order valence-corrected chi connectivity index (χ2v) is 9.86. The van der Waals surface area contributed by atoms with E-state index in [9.17, 15) is 18.0 Å². The Morgan fingerprint density at radius 1 is 1.05 bits per heavy atom. The third kappa shape index (κ3) is 6.31. The smallest absolute Gasteiger partial charge is 0.322 e. The molecule has 11 heteroatoms. The molecule has 1 aliphatic rings. The predicted octanol–water partition coefficient (Wildman–Crippen LogP) is 4.71. The van der Waals surface area contributed by atoms with Crippen LogP contribution in [0.3, 0.4) is 0 Å². The monoisotopic (exact) mass is 564 g/mol. The maximum Gasteiger partial charge on any atom is 0.416 e. The van der Waals surface area contributed by atoms with Crippen molar-refractivity contribution in [2.75, 3.05) is 37.4 Å². The summed E-state index contributed by atoms with van der Waals surface area (Å²) in [5.74, 6) is 6.19. The van der Waals surface area contributed by atoms with E-state index in [-0.39, 0.29) is 23.4 Å². The first kappa shape index (κ1) is 27.7. The van der Waals surface area contributed by atoms with E-state index in [1.54, 1.807) is 41.2 Å². The molecule has 2 aromatic carbocycles. The highest BCUT2D eigenvalue weighted by Gasteiger charge is 2.34. The van der Waals surface area contributed by atoms with Crippen molar-refractivity contribution in [3.05, 3.63) is 94.4 Å². The van der Waals surface area contributed by atoms with Gasteiger partial charge in [-0.3, -0.25) is 14.6 Å². The zero-order valence-corrected chi connectivity index (χ0v) is 22.6. The number of amides is 1. The molecule has 0 bridgehead atoms. The van der Waals surface area contributed by atoms with E-state index < -0.39 is 17.6 Å². The van der Waals surface area contributed by atoms with E-state index in [1.165, 1.54) is 12.1 Å². The molecule has 1 saturated heterocycles. The fourth-order valence-electron chi connectivity index (χ4n) is 4.53. The van der Waals surface area contributed by atoms with Crippen LogP contribution in [0.4, 0.5) is 18.9 Å². The van der Waals surface area contributed by atoms with E-state index in [4.69, 9.17) is 0 Å². The lowest BCUT2D eigenvalue weighted by Crippen LogP contribution is -2.45. The lowest BCUT2D eigenvalue weighted by molar-refractivity contribution is -0.138. The van der Waals surface area contributed by atoms with E-state index in [2.05, 4.69) is 44.8 Å². The van der Waals surface area contributed by atoms with Crippen LogP contribution in [0, 0.1) is 18.8 Å². The summed E-state index contributed by atoms with van der Waals surface area (Å²) in [6.45, 7) is 4.91. The third-order valence-corrected chi connectivity index (χ3v) is 7.23. The highest BCUT2D eigenvalue weighted by Crippen LogP contribution is 2.34. The number of aryl methyl sites for hydroxylation is 1. The van der Waals surface area contributed by atoms with Crippen LogP contribution in [0.1, 0.15) is 38.3 Å². The first-order valence-electron chi connectivity index (χ1n) is 12.7. The summed E-state index contributed by atoms with van der Waals surface area (Å²) in [5, 5.41) is 6.85. The average molecular weight is 565 g/mol. The van der Waals surface area contributed by atoms with Gasteiger partial charge in [-0.2, -0.15) is 30.9 Å². The number of nitrogens with one attached hydrogen (secondary N) is 1. The first-order valence-corrected chi connectivity index (χ1v) is 13.3. The standard InChI is InChI=1S/C29H27F3N6OS/c1-20-4-5-22(15-21(20)7-9-25-17-33-27-3-2-10-34-38(25)27)28(39)35-24-8-6-23(26(16-24)29(30,31)32)18-36-11-13-37(19-40)14-12-36/h2-6,8,10,15-17,40H,11-14,18-19H2,1H3,(H,35,39). The van der Waals surface area contributed by atoms with Crippen molar-refractivity contribution in [1.82, 2.24) is 24.4 Å². The average Bonchev–Trinajstić information content (AvgIpc) is 3.36. The molecule has 0 unspecified atom stereocenters. The van der Waals surface area contributed by atoms with E-state index in [0.717, 1.165) is 24.7 Å². The number of aromatic nitrogens is 3. The number of anilines is 1. The number of halogens is 3. The maximum atomic E-state index is 14.0. The van der Waals surface area contributed by atoms with Crippen molar-refractivity contribution in [3.63, 3.8) is 0 Å². The molecular formula is C29H27F3N6OS. The number of thiol groups is 1. The molecule has 1 amide bonds. The molecule has 3 heterocycles. The number of nitrogens with zero attached hydrogens (tertiary/aromatic N) is 5. The molecule has 5 rings (SSSR count). The van der Waals surface area contributed by atoms with Gasteiger partial charge in [-0.1, -0.05) is 18.1 Å². The lowest BCUT2D eigenvalue weighted by Gasteiger charge is -2.34. The number of hydrogen-bond acceptors (Lipinski definition) is 6. The van der Waals surface area contributed by atoms with Crippen LogP contribution in [0.2, 0.25) is 0 Å². The lowest BCUT2D eigenvalue weighted by atomic mass is 10.0. The molecule has 0 atom stereocenters.